The van der Waals surface area contributed by atoms with E-state index in [0.717, 1.165) is 0 Å². The van der Waals surface area contributed by atoms with Crippen molar-refractivity contribution in [3.05, 3.63) is 12.2 Å². The molecule has 1 fully saturated rings. The van der Waals surface area contributed by atoms with Crippen LogP contribution in [-0.4, -0.2) is 12.1 Å². The Labute approximate surface area is 80.0 Å². The summed E-state index contributed by atoms with van der Waals surface area (Å²) in [7, 11) is 0. The molecule has 2 nitrogen and oxygen atoms in total. The SMILES string of the molecule is C/C=C/C(=O)O[C@H]1[C@H](C)CC[C@@H]1C. The largest absolute Gasteiger partial charge is 0.459 e. The maximum atomic E-state index is 11.2. The van der Waals surface area contributed by atoms with Gasteiger partial charge in [0, 0.05) is 6.08 Å². The van der Waals surface area contributed by atoms with Crippen molar-refractivity contribution in [1.29, 1.82) is 0 Å². The molecule has 13 heavy (non-hydrogen) atoms. The van der Waals surface area contributed by atoms with E-state index in [-0.39, 0.29) is 12.1 Å². The Morgan fingerprint density at radius 2 is 1.85 bits per heavy atom. The highest BCUT2D eigenvalue weighted by molar-refractivity contribution is 5.81. The molecule has 0 aromatic rings. The molecule has 0 amide bonds. The van der Waals surface area contributed by atoms with Crippen LogP contribution in [0.2, 0.25) is 0 Å². The number of carbonyl (C=O) groups excluding carboxylic acids is 1. The lowest BCUT2D eigenvalue weighted by molar-refractivity contribution is -0.146. The molecule has 0 saturated heterocycles. The van der Waals surface area contributed by atoms with Crippen molar-refractivity contribution in [3.63, 3.8) is 0 Å². The second kappa shape index (κ2) is 4.45. The van der Waals surface area contributed by atoms with Gasteiger partial charge in [-0.2, -0.15) is 0 Å². The standard InChI is InChI=1S/C11H18O2/c1-4-5-10(12)13-11-8(2)6-7-9(11)3/h4-5,8-9,11H,6-7H2,1-3H3/b5-4+/t8-,9+,11+. The van der Waals surface area contributed by atoms with E-state index < -0.39 is 0 Å². The van der Waals surface area contributed by atoms with Crippen molar-refractivity contribution < 1.29 is 9.53 Å². The lowest BCUT2D eigenvalue weighted by Gasteiger charge is -2.19. The maximum absolute atomic E-state index is 11.2. The first-order valence-corrected chi connectivity index (χ1v) is 4.98. The summed E-state index contributed by atoms with van der Waals surface area (Å²) in [6, 6.07) is 0. The summed E-state index contributed by atoms with van der Waals surface area (Å²) in [5.74, 6) is 0.835. The van der Waals surface area contributed by atoms with Gasteiger partial charge in [-0.05, 0) is 31.6 Å². The Bertz CT molecular complexity index is 198. The molecule has 0 spiro atoms. The van der Waals surface area contributed by atoms with Gasteiger partial charge in [0.2, 0.25) is 0 Å². The molecule has 0 aromatic carbocycles. The molecule has 0 heterocycles. The number of hydrogen-bond acceptors (Lipinski definition) is 2. The van der Waals surface area contributed by atoms with E-state index in [2.05, 4.69) is 13.8 Å². The first-order valence-electron chi connectivity index (χ1n) is 4.98. The Kier molecular flexibility index (Phi) is 3.52. The second-order valence-corrected chi connectivity index (χ2v) is 3.93. The third-order valence-electron chi connectivity index (χ3n) is 2.75. The number of hydrogen-bond donors (Lipinski definition) is 0. The van der Waals surface area contributed by atoms with E-state index in [9.17, 15) is 4.79 Å². The van der Waals surface area contributed by atoms with Crippen molar-refractivity contribution in [1.82, 2.24) is 0 Å². The normalized spacial score (nSPS) is 33.9. The molecule has 1 aliphatic carbocycles. The van der Waals surface area contributed by atoms with E-state index in [1.165, 1.54) is 18.9 Å². The summed E-state index contributed by atoms with van der Waals surface area (Å²) in [5, 5.41) is 0. The van der Waals surface area contributed by atoms with Crippen molar-refractivity contribution in [2.75, 3.05) is 0 Å². The van der Waals surface area contributed by atoms with Crippen molar-refractivity contribution in [2.45, 2.75) is 39.7 Å². The van der Waals surface area contributed by atoms with Gasteiger partial charge in [-0.25, -0.2) is 4.79 Å². The molecule has 0 aromatic heterocycles. The van der Waals surface area contributed by atoms with E-state index in [0.29, 0.717) is 11.8 Å². The van der Waals surface area contributed by atoms with E-state index in [4.69, 9.17) is 4.74 Å². The molecule has 3 atom stereocenters. The molecule has 1 saturated carbocycles. The summed E-state index contributed by atoms with van der Waals surface area (Å²) in [6.45, 7) is 6.12. The number of carbonyl (C=O) groups is 1. The molecule has 2 heteroatoms. The van der Waals surface area contributed by atoms with Gasteiger partial charge in [-0.15, -0.1) is 0 Å². The first kappa shape index (κ1) is 10.3. The Balaban J connectivity index is 2.47. The molecule has 74 valence electrons. The predicted octanol–water partition coefficient (Wildman–Crippen LogP) is 2.54. The fourth-order valence-electron chi connectivity index (χ4n) is 1.96. The van der Waals surface area contributed by atoms with Crippen LogP contribution in [0.4, 0.5) is 0 Å². The lowest BCUT2D eigenvalue weighted by Crippen LogP contribution is -2.24. The Hall–Kier alpha value is -0.790. The molecule has 0 unspecified atom stereocenters. The molecule has 0 N–H and O–H groups in total. The summed E-state index contributed by atoms with van der Waals surface area (Å²) in [5.41, 5.74) is 0. The van der Waals surface area contributed by atoms with Crippen LogP contribution < -0.4 is 0 Å². The Morgan fingerprint density at radius 3 is 2.31 bits per heavy atom. The zero-order chi connectivity index (χ0) is 9.84. The van der Waals surface area contributed by atoms with Crippen molar-refractivity contribution >= 4 is 5.97 Å². The van der Waals surface area contributed by atoms with Crippen LogP contribution in [0.15, 0.2) is 12.2 Å². The predicted molar refractivity (Wildman–Crippen MR) is 52.3 cm³/mol. The van der Waals surface area contributed by atoms with Gasteiger partial charge in [-0.1, -0.05) is 19.9 Å². The highest BCUT2D eigenvalue weighted by Gasteiger charge is 2.32. The zero-order valence-electron chi connectivity index (χ0n) is 8.62. The van der Waals surface area contributed by atoms with Gasteiger partial charge < -0.3 is 4.74 Å². The molecule has 1 aliphatic rings. The molecule has 0 radical (unpaired) electrons. The fraction of sp³-hybridized carbons (Fsp3) is 0.727. The molecule has 0 aliphatic heterocycles. The Morgan fingerprint density at radius 1 is 1.31 bits per heavy atom. The van der Waals surface area contributed by atoms with Crippen LogP contribution in [0.3, 0.4) is 0 Å². The van der Waals surface area contributed by atoms with E-state index in [1.807, 2.05) is 6.92 Å². The zero-order valence-corrected chi connectivity index (χ0v) is 8.62. The van der Waals surface area contributed by atoms with Crippen LogP contribution in [0, 0.1) is 11.8 Å². The van der Waals surface area contributed by atoms with Crippen LogP contribution in [0.25, 0.3) is 0 Å². The van der Waals surface area contributed by atoms with Gasteiger partial charge in [0.15, 0.2) is 0 Å². The average Bonchev–Trinajstić information content (AvgIpc) is 2.36. The van der Waals surface area contributed by atoms with Gasteiger partial charge in [0.1, 0.15) is 6.10 Å². The minimum absolute atomic E-state index is 0.128. The molecule has 1 rings (SSSR count). The fourth-order valence-corrected chi connectivity index (χ4v) is 1.96. The third-order valence-corrected chi connectivity index (χ3v) is 2.75. The summed E-state index contributed by atoms with van der Waals surface area (Å²) in [4.78, 5) is 11.2. The van der Waals surface area contributed by atoms with E-state index >= 15 is 0 Å². The maximum Gasteiger partial charge on any atom is 0.330 e. The number of allylic oxidation sites excluding steroid dienone is 1. The van der Waals surface area contributed by atoms with Crippen LogP contribution in [0.1, 0.15) is 33.6 Å². The second-order valence-electron chi connectivity index (χ2n) is 3.93. The number of ether oxygens (including phenoxy) is 1. The summed E-state index contributed by atoms with van der Waals surface area (Å²) >= 11 is 0. The van der Waals surface area contributed by atoms with Crippen LogP contribution in [0.5, 0.6) is 0 Å². The smallest absolute Gasteiger partial charge is 0.330 e. The lowest BCUT2D eigenvalue weighted by atomic mass is 10.0. The summed E-state index contributed by atoms with van der Waals surface area (Å²) < 4.78 is 5.35. The molecule has 0 bridgehead atoms. The minimum Gasteiger partial charge on any atom is -0.459 e. The molecular weight excluding hydrogens is 164 g/mol. The van der Waals surface area contributed by atoms with Crippen LogP contribution in [-0.2, 0) is 9.53 Å². The van der Waals surface area contributed by atoms with Gasteiger partial charge >= 0.3 is 5.97 Å². The van der Waals surface area contributed by atoms with Gasteiger partial charge in [-0.3, -0.25) is 0 Å². The third kappa shape index (κ3) is 2.58. The summed E-state index contributed by atoms with van der Waals surface area (Å²) in [6.07, 6.45) is 5.68. The topological polar surface area (TPSA) is 26.3 Å². The minimum atomic E-state index is -0.201. The molecular formula is C11H18O2. The first-order chi connectivity index (χ1) is 6.15. The van der Waals surface area contributed by atoms with Gasteiger partial charge in [0.05, 0.1) is 0 Å². The highest BCUT2D eigenvalue weighted by Crippen LogP contribution is 2.32. The average molecular weight is 182 g/mol. The van der Waals surface area contributed by atoms with Crippen LogP contribution >= 0.6 is 0 Å². The van der Waals surface area contributed by atoms with E-state index in [1.54, 1.807) is 6.08 Å². The van der Waals surface area contributed by atoms with Crippen molar-refractivity contribution in [3.8, 4) is 0 Å². The monoisotopic (exact) mass is 182 g/mol. The number of esters is 1. The quantitative estimate of drug-likeness (QED) is 0.484. The highest BCUT2D eigenvalue weighted by atomic mass is 16.5. The van der Waals surface area contributed by atoms with Gasteiger partial charge in [0.25, 0.3) is 0 Å². The van der Waals surface area contributed by atoms with Crippen molar-refractivity contribution in [2.24, 2.45) is 11.8 Å². The number of rotatable bonds is 2.